The predicted octanol–water partition coefficient (Wildman–Crippen LogP) is 0.805. The summed E-state index contributed by atoms with van der Waals surface area (Å²) in [5.74, 6) is 0.574. The Hall–Kier alpha value is -0.970. The van der Waals surface area contributed by atoms with Gasteiger partial charge >= 0.3 is 0 Å². The van der Waals surface area contributed by atoms with Crippen molar-refractivity contribution in [1.29, 1.82) is 0 Å². The van der Waals surface area contributed by atoms with Gasteiger partial charge in [-0.25, -0.2) is 4.98 Å². The summed E-state index contributed by atoms with van der Waals surface area (Å²) in [4.78, 5) is 14.4. The maximum absolute atomic E-state index is 10.5. The second-order valence-electron chi connectivity index (χ2n) is 1.83. The molecule has 0 aliphatic carbocycles. The molecule has 1 aromatic rings. The molecule has 54 valence electrons. The molecule has 0 fully saturated rings. The van der Waals surface area contributed by atoms with E-state index in [1.807, 2.05) is 0 Å². The van der Waals surface area contributed by atoms with Gasteiger partial charge in [-0.3, -0.25) is 4.79 Å². The van der Waals surface area contributed by atoms with Crippen molar-refractivity contribution >= 4 is 22.6 Å². The summed E-state index contributed by atoms with van der Waals surface area (Å²) in [5.41, 5.74) is 0. The van der Waals surface area contributed by atoms with Crippen LogP contribution in [0.3, 0.4) is 0 Å². The van der Waals surface area contributed by atoms with Crippen LogP contribution in [0.25, 0.3) is 0 Å². The molecular formula is C5H7N3OS. The van der Waals surface area contributed by atoms with Gasteiger partial charge in [-0.2, -0.15) is 4.37 Å². The number of nitrogens with zero attached hydrogens (tertiary/aromatic N) is 2. The zero-order chi connectivity index (χ0) is 7.56. The van der Waals surface area contributed by atoms with Crippen molar-refractivity contribution in [3.63, 3.8) is 0 Å². The van der Waals surface area contributed by atoms with E-state index in [0.717, 1.165) is 0 Å². The number of nitrogens with one attached hydrogen (secondary N) is 1. The minimum Gasteiger partial charge on any atom is -0.301 e. The first kappa shape index (κ1) is 7.14. The first-order chi connectivity index (χ1) is 4.68. The van der Waals surface area contributed by atoms with E-state index in [1.54, 1.807) is 6.92 Å². The van der Waals surface area contributed by atoms with Crippen LogP contribution in [0.4, 0.5) is 5.13 Å². The van der Waals surface area contributed by atoms with Crippen molar-refractivity contribution in [2.75, 3.05) is 5.32 Å². The molecule has 0 aliphatic heterocycles. The first-order valence-corrected chi connectivity index (χ1v) is 3.54. The molecule has 4 nitrogen and oxygen atoms in total. The minimum absolute atomic E-state index is 0.115. The second-order valence-corrected chi connectivity index (χ2v) is 2.58. The number of hydrogen-bond acceptors (Lipinski definition) is 4. The van der Waals surface area contributed by atoms with E-state index < -0.39 is 0 Å². The molecule has 10 heavy (non-hydrogen) atoms. The summed E-state index contributed by atoms with van der Waals surface area (Å²) >= 11 is 1.18. The number of aromatic nitrogens is 2. The fourth-order valence-electron chi connectivity index (χ4n) is 0.498. The van der Waals surface area contributed by atoms with Gasteiger partial charge < -0.3 is 5.32 Å². The predicted molar refractivity (Wildman–Crippen MR) is 38.9 cm³/mol. The normalized spacial score (nSPS) is 9.40. The molecule has 0 saturated carbocycles. The van der Waals surface area contributed by atoms with E-state index >= 15 is 0 Å². The smallest absolute Gasteiger partial charge is 0.223 e. The third-order valence-corrected chi connectivity index (χ3v) is 1.53. The maximum Gasteiger partial charge on any atom is 0.223 e. The highest BCUT2D eigenvalue weighted by Gasteiger charge is 1.99. The van der Waals surface area contributed by atoms with Gasteiger partial charge in [0.15, 0.2) is 0 Å². The fourth-order valence-corrected chi connectivity index (χ4v) is 1.12. The third kappa shape index (κ3) is 1.77. The summed E-state index contributed by atoms with van der Waals surface area (Å²) in [5, 5.41) is 3.09. The largest absolute Gasteiger partial charge is 0.301 e. The Morgan fingerprint density at radius 2 is 2.40 bits per heavy atom. The van der Waals surface area contributed by atoms with E-state index in [-0.39, 0.29) is 5.91 Å². The number of hydrogen-bond donors (Lipinski definition) is 1. The molecule has 1 N–H and O–H groups in total. The highest BCUT2D eigenvalue weighted by Crippen LogP contribution is 2.08. The molecule has 0 saturated heterocycles. The highest BCUT2D eigenvalue weighted by atomic mass is 32.1. The summed E-state index contributed by atoms with van der Waals surface area (Å²) in [6, 6.07) is 0. The standard InChI is InChI=1S/C5H7N3OS/c1-3-6-5(10-8-3)7-4(2)9/h1-2H3,(H,6,7,8,9). The maximum atomic E-state index is 10.5. The summed E-state index contributed by atoms with van der Waals surface area (Å²) in [6.45, 7) is 3.22. The minimum atomic E-state index is -0.115. The summed E-state index contributed by atoms with van der Waals surface area (Å²) in [6.07, 6.45) is 0. The molecule has 1 heterocycles. The highest BCUT2D eigenvalue weighted by molar-refractivity contribution is 7.09. The molecule has 1 aromatic heterocycles. The molecular weight excluding hydrogens is 150 g/mol. The van der Waals surface area contributed by atoms with Gasteiger partial charge in [-0.15, -0.1) is 0 Å². The number of amides is 1. The van der Waals surface area contributed by atoms with Crippen molar-refractivity contribution in [2.45, 2.75) is 13.8 Å². The topological polar surface area (TPSA) is 54.9 Å². The van der Waals surface area contributed by atoms with Crippen LogP contribution in [-0.2, 0) is 4.79 Å². The lowest BCUT2D eigenvalue weighted by atomic mass is 10.7. The van der Waals surface area contributed by atoms with E-state index in [1.165, 1.54) is 18.5 Å². The van der Waals surface area contributed by atoms with Crippen molar-refractivity contribution in [3.05, 3.63) is 5.82 Å². The zero-order valence-corrected chi connectivity index (χ0v) is 6.53. The van der Waals surface area contributed by atoms with Crippen LogP contribution < -0.4 is 5.32 Å². The van der Waals surface area contributed by atoms with E-state index in [0.29, 0.717) is 11.0 Å². The molecule has 0 aromatic carbocycles. The monoisotopic (exact) mass is 157 g/mol. The quantitative estimate of drug-likeness (QED) is 0.656. The van der Waals surface area contributed by atoms with Crippen LogP contribution in [0.2, 0.25) is 0 Å². The van der Waals surface area contributed by atoms with Gasteiger partial charge in [-0.1, -0.05) is 0 Å². The lowest BCUT2D eigenvalue weighted by molar-refractivity contribution is -0.114. The van der Waals surface area contributed by atoms with Gasteiger partial charge in [0.25, 0.3) is 0 Å². The Kier molecular flexibility index (Phi) is 1.96. The Morgan fingerprint density at radius 1 is 1.70 bits per heavy atom. The van der Waals surface area contributed by atoms with Crippen molar-refractivity contribution in [1.82, 2.24) is 9.36 Å². The molecule has 1 amide bonds. The average molecular weight is 157 g/mol. The number of carbonyl (C=O) groups excluding carboxylic acids is 1. The number of carbonyl (C=O) groups is 1. The van der Waals surface area contributed by atoms with Crippen LogP contribution in [0.15, 0.2) is 0 Å². The van der Waals surface area contributed by atoms with Crippen LogP contribution in [-0.4, -0.2) is 15.3 Å². The zero-order valence-electron chi connectivity index (χ0n) is 5.71. The van der Waals surface area contributed by atoms with Crippen LogP contribution in [0, 0.1) is 6.92 Å². The Labute approximate surface area is 62.5 Å². The lowest BCUT2D eigenvalue weighted by Crippen LogP contribution is -2.04. The number of aryl methyl sites for hydroxylation is 1. The SMILES string of the molecule is CC(=O)Nc1nc(C)ns1. The Bertz CT molecular complexity index is 245. The lowest BCUT2D eigenvalue weighted by Gasteiger charge is -1.90. The van der Waals surface area contributed by atoms with Gasteiger partial charge in [0.05, 0.1) is 0 Å². The van der Waals surface area contributed by atoms with Gasteiger partial charge in [0, 0.05) is 18.5 Å². The molecule has 5 heteroatoms. The van der Waals surface area contributed by atoms with Crippen molar-refractivity contribution < 1.29 is 4.79 Å². The fraction of sp³-hybridized carbons (Fsp3) is 0.400. The van der Waals surface area contributed by atoms with E-state index in [9.17, 15) is 4.79 Å². The van der Waals surface area contributed by atoms with Gasteiger partial charge in [-0.05, 0) is 6.92 Å². The van der Waals surface area contributed by atoms with Crippen LogP contribution in [0.5, 0.6) is 0 Å². The molecule has 0 unspecified atom stereocenters. The number of anilines is 1. The van der Waals surface area contributed by atoms with Gasteiger partial charge in [0.2, 0.25) is 11.0 Å². The second kappa shape index (κ2) is 2.74. The van der Waals surface area contributed by atoms with Gasteiger partial charge in [0.1, 0.15) is 5.82 Å². The van der Waals surface area contributed by atoms with Crippen LogP contribution >= 0.6 is 11.5 Å². The number of rotatable bonds is 1. The summed E-state index contributed by atoms with van der Waals surface area (Å²) < 4.78 is 3.89. The first-order valence-electron chi connectivity index (χ1n) is 2.76. The Balaban J connectivity index is 2.67. The molecule has 0 bridgehead atoms. The average Bonchev–Trinajstić information content (AvgIpc) is 2.13. The summed E-state index contributed by atoms with van der Waals surface area (Å²) in [7, 11) is 0. The third-order valence-electron chi connectivity index (χ3n) is 0.811. The van der Waals surface area contributed by atoms with E-state index in [4.69, 9.17) is 0 Å². The molecule has 0 aliphatic rings. The molecule has 0 atom stereocenters. The van der Waals surface area contributed by atoms with Crippen molar-refractivity contribution in [2.24, 2.45) is 0 Å². The molecule has 0 radical (unpaired) electrons. The van der Waals surface area contributed by atoms with Crippen molar-refractivity contribution in [3.8, 4) is 0 Å². The molecule has 0 spiro atoms. The van der Waals surface area contributed by atoms with E-state index in [2.05, 4.69) is 14.7 Å². The van der Waals surface area contributed by atoms with Crippen LogP contribution in [0.1, 0.15) is 12.7 Å². The molecule has 1 rings (SSSR count). The Morgan fingerprint density at radius 3 is 2.80 bits per heavy atom.